The fourth-order valence-corrected chi connectivity index (χ4v) is 7.55. The van der Waals surface area contributed by atoms with Crippen LogP contribution in [0, 0.1) is 11.8 Å². The molecule has 1 saturated heterocycles. The third-order valence-corrected chi connectivity index (χ3v) is 8.24. The molecule has 3 aliphatic rings. The summed E-state index contributed by atoms with van der Waals surface area (Å²) in [6.07, 6.45) is -3.51. The van der Waals surface area contributed by atoms with E-state index in [4.69, 9.17) is 50.5 Å². The molecular weight excluding hydrogens is 507 g/mol. The summed E-state index contributed by atoms with van der Waals surface area (Å²) in [7, 11) is -5.38. The van der Waals surface area contributed by atoms with Crippen molar-refractivity contribution in [2.24, 2.45) is 11.8 Å². The zero-order valence-electron chi connectivity index (χ0n) is 16.9. The van der Waals surface area contributed by atoms with Crippen LogP contribution in [-0.2, 0) is 57.1 Å². The normalized spacial score (nSPS) is 41.1. The lowest BCUT2D eigenvalue weighted by atomic mass is 9.87. The summed E-state index contributed by atoms with van der Waals surface area (Å²) in [6, 6.07) is 0. The summed E-state index contributed by atoms with van der Waals surface area (Å²) in [5.41, 5.74) is 0. The van der Waals surface area contributed by atoms with Crippen molar-refractivity contribution in [1.29, 1.82) is 0 Å². The number of hydrogen-bond acceptors (Lipinski definition) is 12. The van der Waals surface area contributed by atoms with Gasteiger partial charge < -0.3 is 18.9 Å². The lowest BCUT2D eigenvalue weighted by molar-refractivity contribution is -0.242. The smallest absolute Gasteiger partial charge is 0.333 e. The molecule has 3 rings (SSSR count). The van der Waals surface area contributed by atoms with Crippen molar-refractivity contribution in [2.75, 3.05) is 33.8 Å². The molecule has 12 nitrogen and oxygen atoms in total. The van der Waals surface area contributed by atoms with E-state index in [1.54, 1.807) is 0 Å². The topological polar surface area (TPSA) is 158 Å². The number of halogens is 2. The fraction of sp³-hybridized carbons (Fsp3) is 0.867. The summed E-state index contributed by atoms with van der Waals surface area (Å²) in [6.45, 7) is 0. The van der Waals surface area contributed by atoms with Crippen LogP contribution in [0.3, 0.4) is 0 Å². The van der Waals surface area contributed by atoms with Crippen LogP contribution >= 0.6 is 23.2 Å². The van der Waals surface area contributed by atoms with Crippen LogP contribution in [0.1, 0.15) is 0 Å². The average molecular weight is 527 g/mol. The Balaban J connectivity index is 2.35. The molecule has 1 heterocycles. The Morgan fingerprint density at radius 3 is 1.84 bits per heavy atom. The van der Waals surface area contributed by atoms with E-state index in [0.717, 1.165) is 21.3 Å². The summed E-state index contributed by atoms with van der Waals surface area (Å²) in [5, 5.41) is 0. The Hall–Kier alpha value is -0.740. The third kappa shape index (κ3) is 3.14. The van der Waals surface area contributed by atoms with E-state index in [9.17, 15) is 26.4 Å². The largest absolute Gasteiger partial charge is 0.468 e. The lowest BCUT2D eigenvalue weighted by Gasteiger charge is -2.44. The molecule has 1 aliphatic heterocycles. The van der Waals surface area contributed by atoms with Crippen molar-refractivity contribution in [1.82, 2.24) is 0 Å². The summed E-state index contributed by atoms with van der Waals surface area (Å²) >= 11 is 13.5. The molecule has 2 saturated carbocycles. The minimum atomic E-state index is -4.27. The molecule has 2 aliphatic carbocycles. The van der Waals surface area contributed by atoms with Gasteiger partial charge in [-0.3, -0.25) is 8.37 Å². The van der Waals surface area contributed by atoms with Crippen molar-refractivity contribution >= 4 is 55.4 Å². The molecule has 0 aromatic carbocycles. The van der Waals surface area contributed by atoms with Crippen LogP contribution in [0.25, 0.3) is 0 Å². The Morgan fingerprint density at radius 1 is 0.935 bits per heavy atom. The van der Waals surface area contributed by atoms with Gasteiger partial charge in [0.25, 0.3) is 20.2 Å². The molecule has 0 amide bonds. The number of rotatable bonds is 7. The first kappa shape index (κ1) is 24.9. The standard InChI is InChI=1S/C15H20Cl2O12S2/c1-24-11(18)13(16)7-6-8(27-12(19)14(6,17)15(13,25-2)26-3)10(29-31(5,22)23)9(7)28-30(4,20)21/h6-10H,1-5H3/t6-,7+,8-,9-,10+,13-,14+/m1/s1. The zero-order valence-corrected chi connectivity index (χ0v) is 20.0. The molecule has 0 aromatic rings. The van der Waals surface area contributed by atoms with Gasteiger partial charge in [0.05, 0.1) is 19.6 Å². The Labute approximate surface area is 188 Å². The molecule has 0 N–H and O–H groups in total. The quantitative estimate of drug-likeness (QED) is 0.172. The van der Waals surface area contributed by atoms with Crippen LogP contribution in [0.2, 0.25) is 0 Å². The number of carbonyl (C=O) groups is 2. The van der Waals surface area contributed by atoms with Gasteiger partial charge in [0, 0.05) is 26.1 Å². The zero-order chi connectivity index (χ0) is 23.8. The second-order valence-corrected chi connectivity index (χ2v) is 11.8. The van der Waals surface area contributed by atoms with Crippen molar-refractivity contribution in [3.63, 3.8) is 0 Å². The SMILES string of the molecule is COC(=O)[C@]1(Cl)[C@@H]2[C@@H](OS(C)(=O)=O)[C@@H](OS(C)(=O)=O)[C@@H]3OC(=O)[C@@](Cl)([C@@H]32)C1(OC)OC. The van der Waals surface area contributed by atoms with E-state index in [0.29, 0.717) is 12.5 Å². The second kappa shape index (κ2) is 7.38. The van der Waals surface area contributed by atoms with Crippen LogP contribution < -0.4 is 0 Å². The number of alkyl halides is 2. The average Bonchev–Trinajstić information content (AvgIpc) is 3.13. The minimum absolute atomic E-state index is 0.696. The molecule has 31 heavy (non-hydrogen) atoms. The Morgan fingerprint density at radius 2 is 1.42 bits per heavy atom. The number of hydrogen-bond donors (Lipinski definition) is 0. The molecule has 0 unspecified atom stereocenters. The molecule has 0 radical (unpaired) electrons. The molecule has 7 atom stereocenters. The van der Waals surface area contributed by atoms with Crippen LogP contribution in [-0.4, -0.2) is 96.5 Å². The van der Waals surface area contributed by atoms with E-state index in [1.165, 1.54) is 0 Å². The molecular formula is C15H20Cl2O12S2. The van der Waals surface area contributed by atoms with Gasteiger partial charge in [0.2, 0.25) is 15.5 Å². The fourth-order valence-electron chi connectivity index (χ4n) is 5.00. The predicted molar refractivity (Wildman–Crippen MR) is 102 cm³/mol. The number of carbonyl (C=O) groups excluding carboxylic acids is 2. The highest BCUT2D eigenvalue weighted by Gasteiger charge is 2.92. The van der Waals surface area contributed by atoms with E-state index in [2.05, 4.69) is 0 Å². The molecule has 0 aromatic heterocycles. The van der Waals surface area contributed by atoms with Gasteiger partial charge in [0.15, 0.2) is 0 Å². The molecule has 3 fully saturated rings. The van der Waals surface area contributed by atoms with Crippen LogP contribution in [0.5, 0.6) is 0 Å². The van der Waals surface area contributed by atoms with E-state index >= 15 is 0 Å². The number of esters is 2. The maximum Gasteiger partial charge on any atom is 0.333 e. The first-order valence-corrected chi connectivity index (χ1v) is 13.0. The molecule has 16 heteroatoms. The Kier molecular flexibility index (Phi) is 5.93. The molecule has 0 bridgehead atoms. The highest BCUT2D eigenvalue weighted by molar-refractivity contribution is 7.86. The molecule has 0 spiro atoms. The van der Waals surface area contributed by atoms with E-state index < -0.39 is 77.9 Å². The first-order chi connectivity index (χ1) is 14.1. The highest BCUT2D eigenvalue weighted by Crippen LogP contribution is 2.70. The molecule has 178 valence electrons. The van der Waals surface area contributed by atoms with E-state index in [-0.39, 0.29) is 0 Å². The van der Waals surface area contributed by atoms with Crippen LogP contribution in [0.4, 0.5) is 0 Å². The lowest BCUT2D eigenvalue weighted by Crippen LogP contribution is -2.67. The second-order valence-electron chi connectivity index (χ2n) is 7.39. The first-order valence-electron chi connectivity index (χ1n) is 8.60. The van der Waals surface area contributed by atoms with Gasteiger partial charge in [-0.15, -0.1) is 23.2 Å². The van der Waals surface area contributed by atoms with Gasteiger partial charge in [-0.1, -0.05) is 0 Å². The maximum atomic E-state index is 13.0. The van der Waals surface area contributed by atoms with Gasteiger partial charge in [-0.2, -0.15) is 16.8 Å². The minimum Gasteiger partial charge on any atom is -0.468 e. The van der Waals surface area contributed by atoms with Crippen molar-refractivity contribution in [3.8, 4) is 0 Å². The monoisotopic (exact) mass is 526 g/mol. The van der Waals surface area contributed by atoms with Gasteiger partial charge in [-0.05, 0) is 0 Å². The van der Waals surface area contributed by atoms with Gasteiger partial charge >= 0.3 is 11.9 Å². The Bertz CT molecular complexity index is 1010. The van der Waals surface area contributed by atoms with Crippen LogP contribution in [0.15, 0.2) is 0 Å². The van der Waals surface area contributed by atoms with Crippen molar-refractivity contribution in [2.45, 2.75) is 33.8 Å². The van der Waals surface area contributed by atoms with Crippen molar-refractivity contribution in [3.05, 3.63) is 0 Å². The summed E-state index contributed by atoms with van der Waals surface area (Å²) in [4.78, 5) is 21.1. The number of methoxy groups -OCH3 is 3. The summed E-state index contributed by atoms with van der Waals surface area (Å²) < 4.78 is 78.7. The summed E-state index contributed by atoms with van der Waals surface area (Å²) in [5.74, 6) is -7.57. The predicted octanol–water partition coefficient (Wildman–Crippen LogP) is -1.02. The maximum absolute atomic E-state index is 13.0. The van der Waals surface area contributed by atoms with Gasteiger partial charge in [0.1, 0.15) is 18.3 Å². The van der Waals surface area contributed by atoms with Gasteiger partial charge in [-0.25, -0.2) is 9.59 Å². The number of ether oxygens (including phenoxy) is 4. The van der Waals surface area contributed by atoms with E-state index in [1.807, 2.05) is 0 Å². The third-order valence-electron chi connectivity index (χ3n) is 5.79. The van der Waals surface area contributed by atoms with Crippen molar-refractivity contribution < 1.29 is 53.7 Å². The highest BCUT2D eigenvalue weighted by atomic mass is 35.5.